The summed E-state index contributed by atoms with van der Waals surface area (Å²) in [5, 5.41) is 0. The van der Waals surface area contributed by atoms with Crippen molar-refractivity contribution >= 4 is 0 Å². The number of aryl methyl sites for hydroxylation is 3. The third-order valence-corrected chi connectivity index (χ3v) is 5.37. The van der Waals surface area contributed by atoms with E-state index in [4.69, 9.17) is 0 Å². The minimum atomic E-state index is 1.15. The zero-order chi connectivity index (χ0) is 18.2. The van der Waals surface area contributed by atoms with Crippen LogP contribution in [0.1, 0.15) is 115 Å². The van der Waals surface area contributed by atoms with Gasteiger partial charge in [0.25, 0.3) is 0 Å². The van der Waals surface area contributed by atoms with E-state index in [2.05, 4.69) is 43.8 Å². The molecule has 0 aliphatic carbocycles. The van der Waals surface area contributed by atoms with Gasteiger partial charge in [0.15, 0.2) is 12.4 Å². The fourth-order valence-corrected chi connectivity index (χ4v) is 3.60. The van der Waals surface area contributed by atoms with Crippen LogP contribution in [0.3, 0.4) is 0 Å². The molecule has 1 rings (SSSR count). The average Bonchev–Trinajstić information content (AvgIpc) is 2.65. The van der Waals surface area contributed by atoms with Crippen molar-refractivity contribution in [2.45, 2.75) is 124 Å². The molecule has 144 valence electrons. The maximum absolute atomic E-state index is 2.43. The number of aromatic nitrogens is 1. The molecular formula is C24H44N+. The van der Waals surface area contributed by atoms with Crippen molar-refractivity contribution in [2.75, 3.05) is 0 Å². The van der Waals surface area contributed by atoms with Crippen molar-refractivity contribution in [2.24, 2.45) is 0 Å². The highest BCUT2D eigenvalue weighted by Crippen LogP contribution is 2.12. The maximum atomic E-state index is 2.43. The SMILES string of the molecule is CCCCCCCCCCCCCCC[n+]1cc(CC)cc(CC)c1. The van der Waals surface area contributed by atoms with Crippen molar-refractivity contribution in [1.82, 2.24) is 0 Å². The third-order valence-electron chi connectivity index (χ3n) is 5.37. The van der Waals surface area contributed by atoms with Gasteiger partial charge in [-0.25, -0.2) is 4.57 Å². The molecule has 25 heavy (non-hydrogen) atoms. The van der Waals surface area contributed by atoms with Gasteiger partial charge >= 0.3 is 0 Å². The predicted octanol–water partition coefficient (Wildman–Crippen LogP) is 7.19. The van der Waals surface area contributed by atoms with Gasteiger partial charge in [-0.05, 0) is 25.3 Å². The van der Waals surface area contributed by atoms with Gasteiger partial charge in [-0.3, -0.25) is 0 Å². The summed E-state index contributed by atoms with van der Waals surface area (Å²) in [6, 6.07) is 2.36. The summed E-state index contributed by atoms with van der Waals surface area (Å²) < 4.78 is 2.43. The van der Waals surface area contributed by atoms with Gasteiger partial charge in [0.2, 0.25) is 0 Å². The number of rotatable bonds is 16. The fourth-order valence-electron chi connectivity index (χ4n) is 3.60. The van der Waals surface area contributed by atoms with Crippen LogP contribution < -0.4 is 4.57 Å². The molecule has 0 radical (unpaired) electrons. The van der Waals surface area contributed by atoms with Gasteiger partial charge in [0.1, 0.15) is 6.54 Å². The maximum Gasteiger partial charge on any atom is 0.171 e. The quantitative estimate of drug-likeness (QED) is 0.220. The molecule has 0 aromatic carbocycles. The molecule has 0 saturated carbocycles. The molecule has 0 aliphatic heterocycles. The van der Waals surface area contributed by atoms with Crippen LogP contribution in [-0.2, 0) is 19.4 Å². The summed E-state index contributed by atoms with van der Waals surface area (Å²) in [7, 11) is 0. The molecule has 0 N–H and O–H groups in total. The van der Waals surface area contributed by atoms with E-state index in [1.807, 2.05) is 0 Å². The van der Waals surface area contributed by atoms with Gasteiger partial charge in [0, 0.05) is 17.5 Å². The lowest BCUT2D eigenvalue weighted by Crippen LogP contribution is -2.34. The summed E-state index contributed by atoms with van der Waals surface area (Å²) in [6.07, 6.45) is 25.6. The molecule has 0 fully saturated rings. The molecule has 0 saturated heterocycles. The molecule has 0 atom stereocenters. The van der Waals surface area contributed by atoms with Crippen LogP contribution in [0.5, 0.6) is 0 Å². The standard InChI is InChI=1S/C24H44N/c1-4-7-8-9-10-11-12-13-14-15-16-17-18-19-25-21-23(5-2)20-24(6-3)22-25/h20-22H,4-19H2,1-3H3/q+1. The van der Waals surface area contributed by atoms with E-state index in [1.54, 1.807) is 0 Å². The van der Waals surface area contributed by atoms with Crippen molar-refractivity contribution in [3.63, 3.8) is 0 Å². The molecule has 0 aliphatic rings. The molecular weight excluding hydrogens is 302 g/mol. The van der Waals surface area contributed by atoms with Crippen molar-refractivity contribution < 1.29 is 4.57 Å². The van der Waals surface area contributed by atoms with Gasteiger partial charge in [-0.1, -0.05) is 91.4 Å². The number of pyridine rings is 1. The summed E-state index contributed by atoms with van der Waals surface area (Å²) in [6.45, 7) is 8.00. The first-order valence-corrected chi connectivity index (χ1v) is 11.3. The van der Waals surface area contributed by atoms with E-state index in [0.29, 0.717) is 0 Å². The molecule has 0 unspecified atom stereocenters. The van der Waals surface area contributed by atoms with Gasteiger partial charge < -0.3 is 0 Å². The molecule has 0 amide bonds. The van der Waals surface area contributed by atoms with E-state index in [1.165, 1.54) is 101 Å². The van der Waals surface area contributed by atoms with Crippen LogP contribution in [0, 0.1) is 0 Å². The van der Waals surface area contributed by atoms with Crippen LogP contribution in [-0.4, -0.2) is 0 Å². The monoisotopic (exact) mass is 346 g/mol. The zero-order valence-corrected chi connectivity index (χ0v) is 17.5. The Morgan fingerprint density at radius 3 is 1.36 bits per heavy atom. The molecule has 1 aromatic rings. The van der Waals surface area contributed by atoms with Gasteiger partial charge in [0.05, 0.1) is 0 Å². The van der Waals surface area contributed by atoms with Crippen molar-refractivity contribution in [3.05, 3.63) is 29.6 Å². The fraction of sp³-hybridized carbons (Fsp3) is 0.792. The van der Waals surface area contributed by atoms with E-state index in [9.17, 15) is 0 Å². The Bertz CT molecular complexity index is 402. The first kappa shape index (κ1) is 22.2. The second-order valence-corrected chi connectivity index (χ2v) is 7.74. The van der Waals surface area contributed by atoms with E-state index in [0.717, 1.165) is 12.8 Å². The molecule has 0 spiro atoms. The molecule has 1 aromatic heterocycles. The second kappa shape index (κ2) is 15.4. The highest BCUT2D eigenvalue weighted by molar-refractivity contribution is 5.14. The lowest BCUT2D eigenvalue weighted by molar-refractivity contribution is -0.698. The van der Waals surface area contributed by atoms with Gasteiger partial charge in [-0.15, -0.1) is 0 Å². The average molecular weight is 347 g/mol. The Labute approximate surface area is 158 Å². The number of hydrogen-bond acceptors (Lipinski definition) is 0. The molecule has 1 nitrogen and oxygen atoms in total. The highest BCUT2D eigenvalue weighted by atomic mass is 14.9. The van der Waals surface area contributed by atoms with Crippen molar-refractivity contribution in [1.29, 1.82) is 0 Å². The van der Waals surface area contributed by atoms with Crippen LogP contribution >= 0.6 is 0 Å². The predicted molar refractivity (Wildman–Crippen MR) is 111 cm³/mol. The normalized spacial score (nSPS) is 11.2. The highest BCUT2D eigenvalue weighted by Gasteiger charge is 2.05. The van der Waals surface area contributed by atoms with Crippen LogP contribution in [0.15, 0.2) is 18.5 Å². The lowest BCUT2D eigenvalue weighted by Gasteiger charge is -2.04. The van der Waals surface area contributed by atoms with Gasteiger partial charge in [-0.2, -0.15) is 0 Å². The Morgan fingerprint density at radius 1 is 0.560 bits per heavy atom. The largest absolute Gasteiger partial charge is 0.205 e. The minimum Gasteiger partial charge on any atom is -0.205 e. The summed E-state index contributed by atoms with van der Waals surface area (Å²) in [5.41, 5.74) is 2.96. The Hall–Kier alpha value is -0.850. The third kappa shape index (κ3) is 11.4. The zero-order valence-electron chi connectivity index (χ0n) is 17.5. The van der Waals surface area contributed by atoms with Crippen molar-refractivity contribution in [3.8, 4) is 0 Å². The Balaban J connectivity index is 1.97. The number of unbranched alkanes of at least 4 members (excludes halogenated alkanes) is 12. The summed E-state index contributed by atoms with van der Waals surface area (Å²) in [4.78, 5) is 0. The molecule has 1 heterocycles. The molecule has 0 bridgehead atoms. The second-order valence-electron chi connectivity index (χ2n) is 7.74. The minimum absolute atomic E-state index is 1.15. The Kier molecular flexibility index (Phi) is 13.7. The van der Waals surface area contributed by atoms with Crippen LogP contribution in [0.25, 0.3) is 0 Å². The first-order valence-electron chi connectivity index (χ1n) is 11.3. The topological polar surface area (TPSA) is 3.88 Å². The smallest absolute Gasteiger partial charge is 0.171 e. The Morgan fingerprint density at radius 2 is 0.960 bits per heavy atom. The number of hydrogen-bond donors (Lipinski definition) is 0. The van der Waals surface area contributed by atoms with E-state index < -0.39 is 0 Å². The summed E-state index contributed by atoms with van der Waals surface area (Å²) in [5.74, 6) is 0. The van der Waals surface area contributed by atoms with E-state index >= 15 is 0 Å². The lowest BCUT2D eigenvalue weighted by atomic mass is 10.0. The summed E-state index contributed by atoms with van der Waals surface area (Å²) >= 11 is 0. The first-order chi connectivity index (χ1) is 12.3. The van der Waals surface area contributed by atoms with Crippen LogP contribution in [0.4, 0.5) is 0 Å². The molecule has 1 heteroatoms. The van der Waals surface area contributed by atoms with Crippen LogP contribution in [0.2, 0.25) is 0 Å². The van der Waals surface area contributed by atoms with E-state index in [-0.39, 0.29) is 0 Å². The number of nitrogens with zero attached hydrogens (tertiary/aromatic N) is 1.